The average molecular weight is 523 g/mol. The fraction of sp³-hybridized carbons (Fsp3) is 0.765. The number of carbonyl (C=O) groups excluding carboxylic acids is 2. The number of fused-ring (bicyclic) bond motifs is 5. The summed E-state index contributed by atoms with van der Waals surface area (Å²) in [5, 5.41) is 10.3. The Morgan fingerprint density at radius 3 is 2.37 bits per heavy atom. The fourth-order valence-corrected chi connectivity index (χ4v) is 9.82. The van der Waals surface area contributed by atoms with Crippen molar-refractivity contribution in [3.8, 4) is 0 Å². The summed E-state index contributed by atoms with van der Waals surface area (Å²) in [4.78, 5) is 26.4. The van der Waals surface area contributed by atoms with Crippen molar-refractivity contribution >= 4 is 11.8 Å². The van der Waals surface area contributed by atoms with Gasteiger partial charge in [-0.3, -0.25) is 4.79 Å². The van der Waals surface area contributed by atoms with Crippen LogP contribution in [-0.2, 0) is 9.53 Å². The summed E-state index contributed by atoms with van der Waals surface area (Å²) in [5.41, 5.74) is 1.06. The first-order valence-corrected chi connectivity index (χ1v) is 15.5. The number of hydrogen-bond donors (Lipinski definition) is 1. The molecule has 3 unspecified atom stereocenters. The van der Waals surface area contributed by atoms with Crippen LogP contribution < -0.4 is 0 Å². The summed E-state index contributed by atoms with van der Waals surface area (Å²) < 4.78 is 6.00. The molecule has 10 atom stereocenters. The van der Waals surface area contributed by atoms with Gasteiger partial charge in [-0.25, -0.2) is 4.79 Å². The summed E-state index contributed by atoms with van der Waals surface area (Å²) in [6.45, 7) is 11.7. The molecule has 4 saturated carbocycles. The number of hydrogen-bond acceptors (Lipinski definition) is 4. The van der Waals surface area contributed by atoms with Crippen LogP contribution in [0, 0.1) is 52.3 Å². The van der Waals surface area contributed by atoms with Crippen molar-refractivity contribution in [1.29, 1.82) is 0 Å². The second-order valence-electron chi connectivity index (χ2n) is 14.4. The summed E-state index contributed by atoms with van der Waals surface area (Å²) in [6, 6.07) is 9.32. The predicted molar refractivity (Wildman–Crippen MR) is 150 cm³/mol. The largest absolute Gasteiger partial charge is 0.459 e. The maximum atomic E-state index is 13.7. The lowest BCUT2D eigenvalue weighted by Gasteiger charge is -2.60. The minimum Gasteiger partial charge on any atom is -0.459 e. The van der Waals surface area contributed by atoms with Crippen LogP contribution in [0.4, 0.5) is 0 Å². The molecule has 4 fully saturated rings. The molecule has 1 aromatic rings. The second kappa shape index (κ2) is 10.7. The quantitative estimate of drug-likeness (QED) is 0.377. The van der Waals surface area contributed by atoms with Gasteiger partial charge in [-0.15, -0.1) is 0 Å². The molecule has 1 aromatic carbocycles. The van der Waals surface area contributed by atoms with Crippen molar-refractivity contribution in [2.45, 2.75) is 111 Å². The Hall–Kier alpha value is -1.68. The minimum atomic E-state index is -0.221. The van der Waals surface area contributed by atoms with Gasteiger partial charge in [-0.2, -0.15) is 0 Å². The highest BCUT2D eigenvalue weighted by Crippen LogP contribution is 2.67. The van der Waals surface area contributed by atoms with Gasteiger partial charge in [-0.05, 0) is 116 Å². The zero-order valence-electron chi connectivity index (χ0n) is 24.3. The van der Waals surface area contributed by atoms with E-state index < -0.39 is 0 Å². The molecule has 5 rings (SSSR count). The highest BCUT2D eigenvalue weighted by Gasteiger charge is 2.63. The molecule has 4 aliphatic carbocycles. The van der Waals surface area contributed by atoms with Gasteiger partial charge in [0.05, 0.1) is 11.7 Å². The van der Waals surface area contributed by atoms with Crippen LogP contribution in [0.15, 0.2) is 30.3 Å². The van der Waals surface area contributed by atoms with Crippen LogP contribution in [0.3, 0.4) is 0 Å². The third-order valence-electron chi connectivity index (χ3n) is 12.1. The van der Waals surface area contributed by atoms with Crippen LogP contribution in [0.1, 0.15) is 109 Å². The zero-order chi connectivity index (χ0) is 27.2. The third kappa shape index (κ3) is 4.88. The molecule has 210 valence electrons. The lowest BCUT2D eigenvalue weighted by atomic mass is 9.44. The van der Waals surface area contributed by atoms with Crippen LogP contribution in [-0.4, -0.2) is 29.1 Å². The van der Waals surface area contributed by atoms with Crippen LogP contribution in [0.2, 0.25) is 0 Å². The van der Waals surface area contributed by atoms with Crippen LogP contribution in [0.25, 0.3) is 0 Å². The first-order chi connectivity index (χ1) is 18.0. The van der Waals surface area contributed by atoms with E-state index in [4.69, 9.17) is 4.74 Å². The lowest BCUT2D eigenvalue weighted by molar-refractivity contribution is -0.160. The molecule has 0 aliphatic heterocycles. The summed E-state index contributed by atoms with van der Waals surface area (Å²) in [5.74, 6) is 3.32. The van der Waals surface area contributed by atoms with E-state index in [2.05, 4.69) is 34.6 Å². The molecule has 0 amide bonds. The number of esters is 1. The van der Waals surface area contributed by atoms with Gasteiger partial charge in [0.1, 0.15) is 11.9 Å². The molecule has 0 radical (unpaired) electrons. The molecule has 38 heavy (non-hydrogen) atoms. The van der Waals surface area contributed by atoms with E-state index in [9.17, 15) is 14.7 Å². The number of ketones is 1. The van der Waals surface area contributed by atoms with Gasteiger partial charge in [-0.1, -0.05) is 52.8 Å². The van der Waals surface area contributed by atoms with Crippen molar-refractivity contribution in [2.75, 3.05) is 0 Å². The van der Waals surface area contributed by atoms with Crippen molar-refractivity contribution in [3.05, 3.63) is 35.9 Å². The van der Waals surface area contributed by atoms with Crippen molar-refractivity contribution < 1.29 is 19.4 Å². The topological polar surface area (TPSA) is 63.6 Å². The Balaban J connectivity index is 1.25. The molecular weight excluding hydrogens is 472 g/mol. The number of benzene rings is 1. The van der Waals surface area contributed by atoms with E-state index in [0.29, 0.717) is 47.4 Å². The van der Waals surface area contributed by atoms with Crippen LogP contribution in [0.5, 0.6) is 0 Å². The molecule has 0 heterocycles. The van der Waals surface area contributed by atoms with E-state index >= 15 is 0 Å². The monoisotopic (exact) mass is 522 g/mol. The number of Topliss-reactive ketones (excluding diaryl/α,β-unsaturated/α-hetero) is 1. The molecule has 0 aromatic heterocycles. The van der Waals surface area contributed by atoms with Gasteiger partial charge in [0.2, 0.25) is 0 Å². The minimum absolute atomic E-state index is 0.0793. The Morgan fingerprint density at radius 1 is 0.974 bits per heavy atom. The van der Waals surface area contributed by atoms with E-state index in [-0.39, 0.29) is 40.8 Å². The summed E-state index contributed by atoms with van der Waals surface area (Å²) in [6.07, 6.45) is 9.91. The number of aliphatic hydroxyl groups is 1. The van der Waals surface area contributed by atoms with Gasteiger partial charge in [0, 0.05) is 12.3 Å². The standard InChI is InChI=1S/C34H50O4/c1-21(2)30(38-32(37)23-9-7-6-8-10-23)14-11-22(3)26-12-13-27-31-28(16-18-34(26,27)5)33(4)17-15-25(35)19-24(33)20-29(31)36/h6-10,21-22,24-28,30-31,35H,11-20H2,1-5H3/t22-,24?,25?,26-,27+,28+,30?,31+,33+,34-/m1/s1. The lowest BCUT2D eigenvalue weighted by Crippen LogP contribution is -2.57. The van der Waals surface area contributed by atoms with Gasteiger partial charge >= 0.3 is 5.97 Å². The summed E-state index contributed by atoms with van der Waals surface area (Å²) >= 11 is 0. The molecule has 4 nitrogen and oxygen atoms in total. The van der Waals surface area contributed by atoms with E-state index in [0.717, 1.165) is 32.1 Å². The maximum Gasteiger partial charge on any atom is 0.338 e. The average Bonchev–Trinajstić information content (AvgIpc) is 3.24. The van der Waals surface area contributed by atoms with Gasteiger partial charge in [0.15, 0.2) is 0 Å². The smallest absolute Gasteiger partial charge is 0.338 e. The fourth-order valence-electron chi connectivity index (χ4n) is 9.82. The Kier molecular flexibility index (Phi) is 7.86. The molecular formula is C34H50O4. The van der Waals surface area contributed by atoms with Gasteiger partial charge in [0.25, 0.3) is 0 Å². The molecule has 4 aliphatic rings. The SMILES string of the molecule is CC(C)C(CC[C@@H](C)[C@H]1CC[C@H]2[C@@H]3C(=O)CC4CC(O)CC[C@]4(C)[C@H]3CC[C@]12C)OC(=O)c1ccccc1. The van der Waals surface area contributed by atoms with Crippen molar-refractivity contribution in [2.24, 2.45) is 52.3 Å². The van der Waals surface area contributed by atoms with Gasteiger partial charge < -0.3 is 9.84 Å². The Morgan fingerprint density at radius 2 is 1.66 bits per heavy atom. The molecule has 0 spiro atoms. The molecule has 0 bridgehead atoms. The second-order valence-corrected chi connectivity index (χ2v) is 14.4. The van der Waals surface area contributed by atoms with Crippen molar-refractivity contribution in [1.82, 2.24) is 0 Å². The normalized spacial score (nSPS) is 40.1. The Bertz CT molecular complexity index is 1000. The van der Waals surface area contributed by atoms with E-state index in [1.165, 1.54) is 25.7 Å². The molecule has 1 N–H and O–H groups in total. The molecule has 4 heteroatoms. The zero-order valence-corrected chi connectivity index (χ0v) is 24.3. The van der Waals surface area contributed by atoms with E-state index in [1.54, 1.807) is 0 Å². The summed E-state index contributed by atoms with van der Waals surface area (Å²) in [7, 11) is 0. The highest BCUT2D eigenvalue weighted by molar-refractivity contribution is 5.89. The number of rotatable bonds is 7. The first kappa shape index (κ1) is 27.9. The van der Waals surface area contributed by atoms with E-state index in [1.807, 2.05) is 30.3 Å². The number of carbonyl (C=O) groups is 2. The van der Waals surface area contributed by atoms with Crippen molar-refractivity contribution in [3.63, 3.8) is 0 Å². The van der Waals surface area contributed by atoms with Crippen LogP contribution >= 0.6 is 0 Å². The highest BCUT2D eigenvalue weighted by atomic mass is 16.5. The third-order valence-corrected chi connectivity index (χ3v) is 12.1. The number of aliphatic hydroxyl groups excluding tert-OH is 1. The first-order valence-electron chi connectivity index (χ1n) is 15.5. The Labute approximate surface area is 230 Å². The molecule has 0 saturated heterocycles. The number of ether oxygens (including phenoxy) is 1. The predicted octanol–water partition coefficient (Wildman–Crippen LogP) is 7.48. The maximum absolute atomic E-state index is 13.7.